The van der Waals surface area contributed by atoms with Gasteiger partial charge in [-0.05, 0) is 32.6 Å². The van der Waals surface area contributed by atoms with Gasteiger partial charge in [-0.25, -0.2) is 0 Å². The molecule has 0 aliphatic carbocycles. The first kappa shape index (κ1) is 22.3. The van der Waals surface area contributed by atoms with E-state index in [9.17, 15) is 4.79 Å². The quantitative estimate of drug-likeness (QED) is 0.563. The zero-order valence-electron chi connectivity index (χ0n) is 18.8. The van der Waals surface area contributed by atoms with Gasteiger partial charge in [-0.2, -0.15) is 0 Å². The highest BCUT2D eigenvalue weighted by molar-refractivity contribution is 5.77. The number of aromatic nitrogens is 1. The van der Waals surface area contributed by atoms with E-state index in [1.54, 1.807) is 0 Å². The lowest BCUT2D eigenvalue weighted by Crippen LogP contribution is -2.38. The first-order chi connectivity index (χ1) is 14.5. The van der Waals surface area contributed by atoms with E-state index in [0.29, 0.717) is 25.4 Å². The summed E-state index contributed by atoms with van der Waals surface area (Å²) in [5, 5.41) is 4.42. The number of hydrogen-bond acceptors (Lipinski definition) is 5. The van der Waals surface area contributed by atoms with E-state index < -0.39 is 0 Å². The summed E-state index contributed by atoms with van der Waals surface area (Å²) in [5.74, 6) is 1.22. The van der Waals surface area contributed by atoms with Crippen LogP contribution in [0.4, 0.5) is 5.88 Å². The van der Waals surface area contributed by atoms with Gasteiger partial charge in [0, 0.05) is 38.2 Å². The van der Waals surface area contributed by atoms with E-state index in [4.69, 9.17) is 9.26 Å². The summed E-state index contributed by atoms with van der Waals surface area (Å²) in [4.78, 5) is 17.2. The van der Waals surface area contributed by atoms with E-state index in [0.717, 1.165) is 55.2 Å². The van der Waals surface area contributed by atoms with Crippen molar-refractivity contribution in [3.05, 3.63) is 35.9 Å². The van der Waals surface area contributed by atoms with Crippen molar-refractivity contribution in [2.75, 3.05) is 31.1 Å². The van der Waals surface area contributed by atoms with E-state index >= 15 is 0 Å². The minimum Gasteiger partial charge on any atom is -0.376 e. The number of carbonyl (C=O) groups is 1. The molecule has 0 radical (unpaired) electrons. The maximum Gasteiger partial charge on any atom is 0.232 e. The van der Waals surface area contributed by atoms with E-state index in [1.807, 2.05) is 35.2 Å². The Bertz CT molecular complexity index is 793. The van der Waals surface area contributed by atoms with Crippen LogP contribution in [0.1, 0.15) is 52.5 Å². The first-order valence-electron chi connectivity index (χ1n) is 11.2. The smallest absolute Gasteiger partial charge is 0.232 e. The van der Waals surface area contributed by atoms with Crippen LogP contribution in [0.15, 0.2) is 34.9 Å². The number of carbonyl (C=O) groups excluding carboxylic acids is 1. The predicted molar refractivity (Wildman–Crippen MR) is 119 cm³/mol. The van der Waals surface area contributed by atoms with Crippen LogP contribution in [0.2, 0.25) is 0 Å². The van der Waals surface area contributed by atoms with Gasteiger partial charge in [0.05, 0.1) is 18.2 Å². The molecule has 2 heterocycles. The highest BCUT2D eigenvalue weighted by atomic mass is 16.5. The number of rotatable bonds is 10. The molecule has 3 rings (SSSR count). The van der Waals surface area contributed by atoms with Crippen molar-refractivity contribution in [1.82, 2.24) is 10.1 Å². The van der Waals surface area contributed by atoms with Crippen LogP contribution in [0.25, 0.3) is 11.3 Å². The van der Waals surface area contributed by atoms with Gasteiger partial charge in [-0.1, -0.05) is 49.3 Å². The Morgan fingerprint density at radius 2 is 1.93 bits per heavy atom. The molecule has 1 fully saturated rings. The van der Waals surface area contributed by atoms with Gasteiger partial charge in [0.2, 0.25) is 11.8 Å². The summed E-state index contributed by atoms with van der Waals surface area (Å²) >= 11 is 0. The largest absolute Gasteiger partial charge is 0.376 e. The molecule has 30 heavy (non-hydrogen) atoms. The molecular weight excluding hydrogens is 378 g/mol. The fourth-order valence-corrected chi connectivity index (χ4v) is 3.98. The molecule has 6 nitrogen and oxygen atoms in total. The summed E-state index contributed by atoms with van der Waals surface area (Å²) in [6.45, 7) is 11.9. The van der Waals surface area contributed by atoms with Crippen LogP contribution in [0, 0.1) is 5.92 Å². The van der Waals surface area contributed by atoms with Gasteiger partial charge in [-0.15, -0.1) is 0 Å². The molecule has 6 heteroatoms. The highest BCUT2D eigenvalue weighted by Crippen LogP contribution is 2.33. The summed E-state index contributed by atoms with van der Waals surface area (Å²) in [6.07, 6.45) is 2.70. The number of ether oxygens (including phenoxy) is 1. The molecule has 1 aliphatic rings. The molecule has 1 aliphatic heterocycles. The molecular formula is C24H35N3O3. The second-order valence-corrected chi connectivity index (χ2v) is 8.36. The molecule has 0 saturated carbocycles. The second-order valence-electron chi connectivity index (χ2n) is 8.36. The van der Waals surface area contributed by atoms with Crippen LogP contribution in [0.5, 0.6) is 0 Å². The van der Waals surface area contributed by atoms with Gasteiger partial charge in [0.1, 0.15) is 5.69 Å². The molecule has 0 spiro atoms. The molecule has 0 unspecified atom stereocenters. The SMILES string of the molecule is CCN(CC)c1onc(-c2ccccc2)c1CN(C[C@H]1CCCO1)C(=O)CC(C)C. The number of hydrogen-bond donors (Lipinski definition) is 0. The van der Waals surface area contributed by atoms with E-state index in [-0.39, 0.29) is 12.0 Å². The van der Waals surface area contributed by atoms with E-state index in [2.05, 4.69) is 37.8 Å². The zero-order valence-corrected chi connectivity index (χ0v) is 18.8. The normalized spacial score (nSPS) is 16.2. The Morgan fingerprint density at radius 3 is 2.53 bits per heavy atom. The first-order valence-corrected chi connectivity index (χ1v) is 11.2. The Hall–Kier alpha value is -2.34. The third-order valence-electron chi connectivity index (χ3n) is 5.60. The molecule has 2 aromatic rings. The van der Waals surface area contributed by atoms with Crippen molar-refractivity contribution < 1.29 is 14.1 Å². The standard InChI is InChI=1S/C24H35N3O3/c1-5-26(6-2)24-21(23(25-30-24)19-11-8-7-9-12-19)17-27(22(28)15-18(3)4)16-20-13-10-14-29-20/h7-9,11-12,18,20H,5-6,10,13-17H2,1-4H3/t20-/m1/s1. The summed E-state index contributed by atoms with van der Waals surface area (Å²) < 4.78 is 11.7. The molecule has 164 valence electrons. The monoisotopic (exact) mass is 413 g/mol. The summed E-state index contributed by atoms with van der Waals surface area (Å²) in [6, 6.07) is 10.1. The molecule has 1 aromatic carbocycles. The molecule has 0 N–H and O–H groups in total. The predicted octanol–water partition coefficient (Wildman–Crippen LogP) is 4.74. The zero-order chi connectivity index (χ0) is 21.5. The molecule has 1 aromatic heterocycles. The van der Waals surface area contributed by atoms with Gasteiger partial charge >= 0.3 is 0 Å². The minimum atomic E-state index is 0.109. The maximum absolute atomic E-state index is 13.1. The van der Waals surface area contributed by atoms with Crippen LogP contribution in [0.3, 0.4) is 0 Å². The number of amides is 1. The minimum absolute atomic E-state index is 0.109. The molecule has 0 bridgehead atoms. The fourth-order valence-electron chi connectivity index (χ4n) is 3.98. The van der Waals surface area contributed by atoms with Crippen molar-refractivity contribution in [2.45, 2.75) is 59.6 Å². The lowest BCUT2D eigenvalue weighted by molar-refractivity contribution is -0.134. The van der Waals surface area contributed by atoms with Gasteiger partial charge in [-0.3, -0.25) is 4.79 Å². The van der Waals surface area contributed by atoms with Crippen molar-refractivity contribution in [3.63, 3.8) is 0 Å². The lowest BCUT2D eigenvalue weighted by Gasteiger charge is -2.27. The summed E-state index contributed by atoms with van der Waals surface area (Å²) in [7, 11) is 0. The number of anilines is 1. The molecule has 1 amide bonds. The average Bonchev–Trinajstić information content (AvgIpc) is 3.39. The highest BCUT2D eigenvalue weighted by Gasteiger charge is 2.28. The average molecular weight is 414 g/mol. The van der Waals surface area contributed by atoms with Gasteiger partial charge in [0.15, 0.2) is 0 Å². The van der Waals surface area contributed by atoms with Crippen LogP contribution in [-0.4, -0.2) is 48.3 Å². The van der Waals surface area contributed by atoms with Crippen molar-refractivity contribution in [3.8, 4) is 11.3 Å². The fraction of sp³-hybridized carbons (Fsp3) is 0.583. The van der Waals surface area contributed by atoms with Crippen molar-refractivity contribution >= 4 is 11.8 Å². The van der Waals surface area contributed by atoms with E-state index in [1.165, 1.54) is 0 Å². The van der Waals surface area contributed by atoms with Crippen LogP contribution < -0.4 is 4.90 Å². The lowest BCUT2D eigenvalue weighted by atomic mass is 10.0. The number of benzene rings is 1. The van der Waals surface area contributed by atoms with Gasteiger partial charge < -0.3 is 19.1 Å². The third kappa shape index (κ3) is 5.42. The summed E-state index contributed by atoms with van der Waals surface area (Å²) in [5.41, 5.74) is 2.79. The Balaban J connectivity index is 1.96. The molecule has 1 saturated heterocycles. The van der Waals surface area contributed by atoms with Crippen molar-refractivity contribution in [1.29, 1.82) is 0 Å². The Morgan fingerprint density at radius 1 is 1.20 bits per heavy atom. The topological polar surface area (TPSA) is 58.8 Å². The third-order valence-corrected chi connectivity index (χ3v) is 5.60. The Labute approximate surface area is 180 Å². The second kappa shape index (κ2) is 10.6. The maximum atomic E-state index is 13.1. The van der Waals surface area contributed by atoms with Crippen LogP contribution in [-0.2, 0) is 16.1 Å². The number of nitrogens with zero attached hydrogens (tertiary/aromatic N) is 3. The Kier molecular flexibility index (Phi) is 7.91. The van der Waals surface area contributed by atoms with Crippen LogP contribution >= 0.6 is 0 Å². The van der Waals surface area contributed by atoms with Gasteiger partial charge in [0.25, 0.3) is 0 Å². The molecule has 1 atom stereocenters. The van der Waals surface area contributed by atoms with Crippen molar-refractivity contribution in [2.24, 2.45) is 5.92 Å².